The Morgan fingerprint density at radius 1 is 0.250 bits per heavy atom. The molecule has 0 atom stereocenters. The lowest BCUT2D eigenvalue weighted by Gasteiger charge is -2.04. The van der Waals surface area contributed by atoms with Crippen LogP contribution in [0.5, 0.6) is 0 Å². The van der Waals surface area contributed by atoms with E-state index in [1.807, 2.05) is 0 Å². The lowest BCUT2D eigenvalue weighted by atomic mass is 10.0. The smallest absolute Gasteiger partial charge is 0.303 e. The van der Waals surface area contributed by atoms with Crippen LogP contribution in [-0.2, 0) is 14.4 Å². The number of aliphatic hydroxyl groups is 2. The minimum absolute atomic E-state index is 0.125. The number of unbranched alkanes of at least 4 members (excludes halogenated alkanes) is 33. The average molecular weight is 916 g/mol. The third kappa shape index (κ3) is 83.8. The number of aliphatic carboxylic acids is 3. The second-order valence-corrected chi connectivity index (χ2v) is 20.2. The van der Waals surface area contributed by atoms with Gasteiger partial charge in [-0.1, -0.05) is 273 Å². The predicted octanol–water partition coefficient (Wildman–Crippen LogP) is 17.5. The zero-order valence-electron chi connectivity index (χ0n) is 43.8. The molecule has 0 saturated carbocycles. The van der Waals surface area contributed by atoms with E-state index >= 15 is 0 Å². The third-order valence-electron chi connectivity index (χ3n) is 11.9. The molecule has 5 N–H and O–H groups in total. The van der Waals surface area contributed by atoms with Crippen LogP contribution in [-0.4, -0.2) is 56.7 Å². The molecule has 0 unspecified atom stereocenters. The fourth-order valence-corrected chi connectivity index (χ4v) is 7.79. The highest BCUT2D eigenvalue weighted by molar-refractivity contribution is 5.67. The number of rotatable bonds is 46. The van der Waals surface area contributed by atoms with Crippen LogP contribution < -0.4 is 0 Å². The topological polar surface area (TPSA) is 152 Å². The second-order valence-electron chi connectivity index (χ2n) is 20.2. The molecule has 0 amide bonds. The van der Waals surface area contributed by atoms with E-state index in [0.717, 1.165) is 56.3 Å². The van der Waals surface area contributed by atoms with Gasteiger partial charge < -0.3 is 25.5 Å². The zero-order valence-corrected chi connectivity index (χ0v) is 43.8. The van der Waals surface area contributed by atoms with Crippen molar-refractivity contribution in [2.45, 2.75) is 311 Å². The van der Waals surface area contributed by atoms with Gasteiger partial charge in [-0.3, -0.25) is 14.4 Å². The van der Waals surface area contributed by atoms with E-state index in [1.54, 1.807) is 0 Å². The van der Waals surface area contributed by atoms with Crippen molar-refractivity contribution in [2.24, 2.45) is 17.8 Å². The van der Waals surface area contributed by atoms with Crippen LogP contribution in [0, 0.1) is 17.8 Å². The zero-order chi connectivity index (χ0) is 48.6. The number of carboxylic acids is 3. The molecule has 0 heterocycles. The van der Waals surface area contributed by atoms with Crippen molar-refractivity contribution in [1.82, 2.24) is 0 Å². The molecule has 0 bridgehead atoms. The SMILES string of the molecule is CC(C)CCCCCCCCCCCCCCC(=O)O.CC(C)CCCCCCCCCCCCCCC(=O)O.CC(C)CCCCCCCCCCCCCCC(=O)O.OCCO. The van der Waals surface area contributed by atoms with Crippen LogP contribution in [0.4, 0.5) is 0 Å². The summed E-state index contributed by atoms with van der Waals surface area (Å²) in [6.45, 7) is 13.6. The number of carbonyl (C=O) groups is 3. The van der Waals surface area contributed by atoms with E-state index < -0.39 is 17.9 Å². The summed E-state index contributed by atoms with van der Waals surface area (Å²) in [4.78, 5) is 31.0. The van der Waals surface area contributed by atoms with Gasteiger partial charge >= 0.3 is 17.9 Å². The van der Waals surface area contributed by atoms with Crippen molar-refractivity contribution in [1.29, 1.82) is 0 Å². The first-order valence-corrected chi connectivity index (χ1v) is 27.7. The molecular formula is C56H114O8. The molecule has 8 heteroatoms. The van der Waals surface area contributed by atoms with E-state index in [0.29, 0.717) is 19.3 Å². The maximum Gasteiger partial charge on any atom is 0.303 e. The van der Waals surface area contributed by atoms with E-state index in [9.17, 15) is 14.4 Å². The molecule has 0 aromatic carbocycles. The highest BCUT2D eigenvalue weighted by Gasteiger charge is 2.01. The van der Waals surface area contributed by atoms with Gasteiger partial charge in [0.25, 0.3) is 0 Å². The van der Waals surface area contributed by atoms with Crippen molar-refractivity contribution in [3.05, 3.63) is 0 Å². The first-order chi connectivity index (χ1) is 30.8. The van der Waals surface area contributed by atoms with Gasteiger partial charge in [-0.2, -0.15) is 0 Å². The fourth-order valence-electron chi connectivity index (χ4n) is 7.79. The van der Waals surface area contributed by atoms with Crippen LogP contribution in [0.3, 0.4) is 0 Å². The fraction of sp³-hybridized carbons (Fsp3) is 0.946. The molecule has 386 valence electrons. The molecular weight excluding hydrogens is 801 g/mol. The van der Waals surface area contributed by atoms with Crippen molar-refractivity contribution in [3.8, 4) is 0 Å². The normalized spacial score (nSPS) is 10.9. The molecule has 0 aliphatic heterocycles. The Hall–Kier alpha value is -1.67. The summed E-state index contributed by atoms with van der Waals surface area (Å²) in [6.07, 6.45) is 52.0. The Balaban J connectivity index is -0.000000404. The van der Waals surface area contributed by atoms with Gasteiger partial charge in [0.05, 0.1) is 13.2 Å². The maximum atomic E-state index is 10.3. The number of aliphatic hydroxyl groups excluding tert-OH is 2. The van der Waals surface area contributed by atoms with Crippen molar-refractivity contribution in [2.75, 3.05) is 13.2 Å². The summed E-state index contributed by atoms with van der Waals surface area (Å²) in [7, 11) is 0. The molecule has 0 aromatic heterocycles. The number of hydrogen-bond acceptors (Lipinski definition) is 5. The minimum Gasteiger partial charge on any atom is -0.481 e. The molecule has 8 nitrogen and oxygen atoms in total. The average Bonchev–Trinajstić information content (AvgIpc) is 3.24. The van der Waals surface area contributed by atoms with Gasteiger partial charge in [0, 0.05) is 19.3 Å². The van der Waals surface area contributed by atoms with Crippen LogP contribution in [0.25, 0.3) is 0 Å². The first kappa shape index (κ1) is 68.9. The van der Waals surface area contributed by atoms with Crippen LogP contribution in [0.1, 0.15) is 311 Å². The largest absolute Gasteiger partial charge is 0.481 e. The van der Waals surface area contributed by atoms with Crippen LogP contribution in [0.15, 0.2) is 0 Å². The van der Waals surface area contributed by atoms with Crippen LogP contribution in [0.2, 0.25) is 0 Å². The third-order valence-corrected chi connectivity index (χ3v) is 11.9. The Morgan fingerprint density at radius 3 is 0.484 bits per heavy atom. The summed E-state index contributed by atoms with van der Waals surface area (Å²) in [5.41, 5.74) is 0. The molecule has 0 fully saturated rings. The highest BCUT2D eigenvalue weighted by atomic mass is 16.4. The van der Waals surface area contributed by atoms with Gasteiger partial charge in [0.1, 0.15) is 0 Å². The van der Waals surface area contributed by atoms with Gasteiger partial charge in [-0.05, 0) is 37.0 Å². The molecule has 0 saturated heterocycles. The summed E-state index contributed by atoms with van der Waals surface area (Å²) in [5.74, 6) is 0.636. The van der Waals surface area contributed by atoms with E-state index in [2.05, 4.69) is 41.5 Å². The molecule has 64 heavy (non-hydrogen) atoms. The van der Waals surface area contributed by atoms with E-state index in [1.165, 1.54) is 212 Å². The summed E-state index contributed by atoms with van der Waals surface area (Å²) >= 11 is 0. The van der Waals surface area contributed by atoms with Gasteiger partial charge in [0.15, 0.2) is 0 Å². The second kappa shape index (κ2) is 61.3. The Morgan fingerprint density at radius 2 is 0.375 bits per heavy atom. The number of hydrogen-bond donors (Lipinski definition) is 5. The molecule has 0 spiro atoms. The summed E-state index contributed by atoms with van der Waals surface area (Å²) in [6, 6.07) is 0. The van der Waals surface area contributed by atoms with Crippen molar-refractivity contribution < 1.29 is 39.9 Å². The first-order valence-electron chi connectivity index (χ1n) is 27.7. The van der Waals surface area contributed by atoms with Gasteiger partial charge in [-0.15, -0.1) is 0 Å². The Labute approximate surface area is 398 Å². The van der Waals surface area contributed by atoms with Crippen molar-refractivity contribution >= 4 is 17.9 Å². The van der Waals surface area contributed by atoms with Gasteiger partial charge in [-0.25, -0.2) is 0 Å². The maximum absolute atomic E-state index is 10.3. The summed E-state index contributed by atoms with van der Waals surface area (Å²) < 4.78 is 0. The molecule has 0 rings (SSSR count). The van der Waals surface area contributed by atoms with Crippen LogP contribution >= 0.6 is 0 Å². The minimum atomic E-state index is -0.654. The Kier molecular flexibility index (Phi) is 66.0. The lowest BCUT2D eigenvalue weighted by Crippen LogP contribution is -1.93. The van der Waals surface area contributed by atoms with Crippen molar-refractivity contribution in [3.63, 3.8) is 0 Å². The standard InChI is InChI=1S/3C18H36O2.C2H6O2/c3*1-17(2)15-13-11-9-7-5-3-4-6-8-10-12-14-16-18(19)20;3-1-2-4/h3*17H,3-16H2,1-2H3,(H,19,20);3-4H,1-2H2. The molecule has 0 aliphatic rings. The Bertz CT molecular complexity index is 779. The quantitative estimate of drug-likeness (QED) is 0.0379. The predicted molar refractivity (Wildman–Crippen MR) is 276 cm³/mol. The van der Waals surface area contributed by atoms with E-state index in [-0.39, 0.29) is 13.2 Å². The molecule has 0 radical (unpaired) electrons. The monoisotopic (exact) mass is 915 g/mol. The highest BCUT2D eigenvalue weighted by Crippen LogP contribution is 2.17. The molecule has 0 aromatic rings. The number of carboxylic acid groups (broad SMARTS) is 3. The lowest BCUT2D eigenvalue weighted by molar-refractivity contribution is -0.138. The molecule has 0 aliphatic carbocycles. The van der Waals surface area contributed by atoms with E-state index in [4.69, 9.17) is 25.5 Å². The summed E-state index contributed by atoms with van der Waals surface area (Å²) in [5, 5.41) is 40.8. The van der Waals surface area contributed by atoms with Gasteiger partial charge in [0.2, 0.25) is 0 Å².